The van der Waals surface area contributed by atoms with Crippen molar-refractivity contribution < 1.29 is 9.21 Å². The summed E-state index contributed by atoms with van der Waals surface area (Å²) in [5, 5.41) is 4.91. The first-order valence-corrected chi connectivity index (χ1v) is 8.72. The van der Waals surface area contributed by atoms with Gasteiger partial charge in [-0.25, -0.2) is 4.98 Å². The zero-order valence-electron chi connectivity index (χ0n) is 13.5. The van der Waals surface area contributed by atoms with Crippen molar-refractivity contribution in [2.24, 2.45) is 0 Å². The number of aromatic nitrogens is 2. The van der Waals surface area contributed by atoms with Gasteiger partial charge in [0.1, 0.15) is 5.52 Å². The van der Waals surface area contributed by atoms with Crippen molar-refractivity contribution in [2.45, 2.75) is 13.5 Å². The van der Waals surface area contributed by atoms with Crippen LogP contribution >= 0.6 is 11.3 Å². The first-order valence-electron chi connectivity index (χ1n) is 7.84. The van der Waals surface area contributed by atoms with E-state index in [1.54, 1.807) is 35.7 Å². The van der Waals surface area contributed by atoms with Gasteiger partial charge in [-0.3, -0.25) is 9.78 Å². The number of rotatable bonds is 4. The molecule has 0 radical (unpaired) electrons. The van der Waals surface area contributed by atoms with Gasteiger partial charge in [-0.15, -0.1) is 11.3 Å². The second-order valence-electron chi connectivity index (χ2n) is 5.60. The van der Waals surface area contributed by atoms with E-state index in [1.807, 2.05) is 36.6 Å². The number of oxazole rings is 1. The molecule has 0 unspecified atom stereocenters. The maximum absolute atomic E-state index is 12.3. The SMILES string of the molecule is Cc1ncccc1-c1nc2cc(C(=O)NCc3cccs3)ccc2o1. The van der Waals surface area contributed by atoms with Crippen LogP contribution in [0.5, 0.6) is 0 Å². The van der Waals surface area contributed by atoms with Crippen molar-refractivity contribution in [2.75, 3.05) is 0 Å². The van der Waals surface area contributed by atoms with Gasteiger partial charge >= 0.3 is 0 Å². The molecule has 1 N–H and O–H groups in total. The smallest absolute Gasteiger partial charge is 0.251 e. The summed E-state index contributed by atoms with van der Waals surface area (Å²) in [6, 6.07) is 13.0. The highest BCUT2D eigenvalue weighted by molar-refractivity contribution is 7.09. The maximum Gasteiger partial charge on any atom is 0.251 e. The molecule has 0 saturated carbocycles. The molecule has 0 aliphatic carbocycles. The summed E-state index contributed by atoms with van der Waals surface area (Å²) in [5.41, 5.74) is 3.56. The molecule has 0 aliphatic rings. The number of nitrogens with zero attached hydrogens (tertiary/aromatic N) is 2. The van der Waals surface area contributed by atoms with Crippen molar-refractivity contribution in [3.8, 4) is 11.5 Å². The Labute approximate surface area is 148 Å². The molecule has 25 heavy (non-hydrogen) atoms. The van der Waals surface area contributed by atoms with E-state index in [4.69, 9.17) is 4.42 Å². The molecule has 1 aromatic carbocycles. The summed E-state index contributed by atoms with van der Waals surface area (Å²) in [6.07, 6.45) is 1.73. The Kier molecular flexibility index (Phi) is 4.03. The van der Waals surface area contributed by atoms with Crippen molar-refractivity contribution in [1.29, 1.82) is 0 Å². The van der Waals surface area contributed by atoms with Crippen LogP contribution in [0.25, 0.3) is 22.6 Å². The number of fused-ring (bicyclic) bond motifs is 1. The lowest BCUT2D eigenvalue weighted by molar-refractivity contribution is 0.0951. The Hall–Kier alpha value is -2.99. The van der Waals surface area contributed by atoms with Crippen molar-refractivity contribution in [1.82, 2.24) is 15.3 Å². The number of nitrogens with one attached hydrogen (secondary N) is 1. The minimum Gasteiger partial charge on any atom is -0.436 e. The van der Waals surface area contributed by atoms with Crippen LogP contribution < -0.4 is 5.32 Å². The van der Waals surface area contributed by atoms with Crippen LogP contribution in [0, 0.1) is 6.92 Å². The third-order valence-corrected chi connectivity index (χ3v) is 4.77. The van der Waals surface area contributed by atoms with E-state index in [0.29, 0.717) is 29.1 Å². The van der Waals surface area contributed by atoms with E-state index in [0.717, 1.165) is 16.1 Å². The molecule has 0 spiro atoms. The van der Waals surface area contributed by atoms with Gasteiger partial charge < -0.3 is 9.73 Å². The Bertz CT molecular complexity index is 1040. The van der Waals surface area contributed by atoms with Crippen LogP contribution in [0.1, 0.15) is 20.9 Å². The Balaban J connectivity index is 1.60. The zero-order valence-corrected chi connectivity index (χ0v) is 14.3. The van der Waals surface area contributed by atoms with Crippen LogP contribution in [0.15, 0.2) is 58.5 Å². The first kappa shape index (κ1) is 15.5. The summed E-state index contributed by atoms with van der Waals surface area (Å²) < 4.78 is 5.81. The number of aryl methyl sites for hydroxylation is 1. The highest BCUT2D eigenvalue weighted by Gasteiger charge is 2.13. The number of benzene rings is 1. The highest BCUT2D eigenvalue weighted by Crippen LogP contribution is 2.26. The van der Waals surface area contributed by atoms with E-state index < -0.39 is 0 Å². The van der Waals surface area contributed by atoms with Gasteiger partial charge in [-0.1, -0.05) is 6.07 Å². The lowest BCUT2D eigenvalue weighted by Gasteiger charge is -2.03. The largest absolute Gasteiger partial charge is 0.436 e. The molecule has 5 nitrogen and oxygen atoms in total. The summed E-state index contributed by atoms with van der Waals surface area (Å²) in [7, 11) is 0. The molecule has 3 aromatic heterocycles. The summed E-state index contributed by atoms with van der Waals surface area (Å²) in [6.45, 7) is 2.43. The number of carbonyl (C=O) groups excluding carboxylic acids is 1. The molecule has 4 aromatic rings. The Morgan fingerprint density at radius 3 is 2.96 bits per heavy atom. The second kappa shape index (κ2) is 6.49. The number of carbonyl (C=O) groups is 1. The molecular weight excluding hydrogens is 334 g/mol. The van der Waals surface area contributed by atoms with Crippen molar-refractivity contribution in [3.63, 3.8) is 0 Å². The number of thiophene rings is 1. The zero-order chi connectivity index (χ0) is 17.2. The normalized spacial score (nSPS) is 10.9. The fourth-order valence-corrected chi connectivity index (χ4v) is 3.22. The average Bonchev–Trinajstić information content (AvgIpc) is 3.28. The van der Waals surface area contributed by atoms with Crippen LogP contribution in [0.2, 0.25) is 0 Å². The number of pyridine rings is 1. The van der Waals surface area contributed by atoms with Crippen LogP contribution in [-0.4, -0.2) is 15.9 Å². The number of hydrogen-bond donors (Lipinski definition) is 1. The maximum atomic E-state index is 12.3. The third kappa shape index (κ3) is 3.16. The van der Waals surface area contributed by atoms with Gasteiger partial charge in [0.05, 0.1) is 12.1 Å². The van der Waals surface area contributed by atoms with Crippen molar-refractivity contribution >= 4 is 28.3 Å². The van der Waals surface area contributed by atoms with Gasteiger partial charge in [0.15, 0.2) is 5.58 Å². The minimum atomic E-state index is -0.127. The molecule has 3 heterocycles. The van der Waals surface area contributed by atoms with Gasteiger partial charge in [-0.2, -0.15) is 0 Å². The summed E-state index contributed by atoms with van der Waals surface area (Å²) >= 11 is 1.62. The lowest BCUT2D eigenvalue weighted by atomic mass is 10.2. The molecule has 0 aliphatic heterocycles. The second-order valence-corrected chi connectivity index (χ2v) is 6.63. The fourth-order valence-electron chi connectivity index (χ4n) is 2.58. The van der Waals surface area contributed by atoms with Gasteiger partial charge in [0.2, 0.25) is 5.89 Å². The van der Waals surface area contributed by atoms with Gasteiger partial charge in [0, 0.05) is 22.3 Å². The standard InChI is InChI=1S/C19H15N3O2S/c1-12-15(5-2-8-20-12)19-22-16-10-13(6-7-17(16)24-19)18(23)21-11-14-4-3-9-25-14/h2-10H,11H2,1H3,(H,21,23). The van der Waals surface area contributed by atoms with Crippen molar-refractivity contribution in [3.05, 3.63) is 70.2 Å². The van der Waals surface area contributed by atoms with Crippen LogP contribution in [0.3, 0.4) is 0 Å². The lowest BCUT2D eigenvalue weighted by Crippen LogP contribution is -2.22. The van der Waals surface area contributed by atoms with E-state index in [-0.39, 0.29) is 5.91 Å². The molecule has 1 amide bonds. The molecule has 0 fully saturated rings. The third-order valence-electron chi connectivity index (χ3n) is 3.89. The Morgan fingerprint density at radius 1 is 1.24 bits per heavy atom. The first-order chi connectivity index (χ1) is 12.2. The number of amides is 1. The summed E-state index contributed by atoms with van der Waals surface area (Å²) in [4.78, 5) is 22.2. The number of hydrogen-bond acceptors (Lipinski definition) is 5. The topological polar surface area (TPSA) is 68.0 Å². The molecule has 124 valence electrons. The van der Waals surface area contributed by atoms with E-state index in [9.17, 15) is 4.79 Å². The minimum absolute atomic E-state index is 0.127. The highest BCUT2D eigenvalue weighted by atomic mass is 32.1. The van der Waals surface area contributed by atoms with E-state index in [1.165, 1.54) is 0 Å². The van der Waals surface area contributed by atoms with E-state index in [2.05, 4.69) is 15.3 Å². The predicted molar refractivity (Wildman–Crippen MR) is 97.5 cm³/mol. The van der Waals surface area contributed by atoms with Crippen LogP contribution in [0.4, 0.5) is 0 Å². The molecule has 0 atom stereocenters. The molecule has 6 heteroatoms. The molecular formula is C19H15N3O2S. The fraction of sp³-hybridized carbons (Fsp3) is 0.105. The molecule has 0 bridgehead atoms. The quantitative estimate of drug-likeness (QED) is 0.600. The predicted octanol–water partition coefficient (Wildman–Crippen LogP) is 4.19. The average molecular weight is 349 g/mol. The molecule has 4 rings (SSSR count). The monoisotopic (exact) mass is 349 g/mol. The molecule has 0 saturated heterocycles. The Morgan fingerprint density at radius 2 is 2.16 bits per heavy atom. The summed E-state index contributed by atoms with van der Waals surface area (Å²) in [5.74, 6) is 0.383. The van der Waals surface area contributed by atoms with Gasteiger partial charge in [-0.05, 0) is 48.7 Å². The van der Waals surface area contributed by atoms with E-state index >= 15 is 0 Å². The van der Waals surface area contributed by atoms with Crippen LogP contribution in [-0.2, 0) is 6.54 Å². The van der Waals surface area contributed by atoms with Gasteiger partial charge in [0.25, 0.3) is 5.91 Å².